The lowest BCUT2D eigenvalue weighted by Crippen LogP contribution is -2.47. The van der Waals surface area contributed by atoms with Crippen molar-refractivity contribution in [2.75, 3.05) is 12.4 Å². The average Bonchev–Trinajstić information content (AvgIpc) is 3.44. The van der Waals surface area contributed by atoms with Crippen molar-refractivity contribution >= 4 is 23.5 Å². The zero-order chi connectivity index (χ0) is 31.4. The first-order chi connectivity index (χ1) is 19.6. The molecule has 0 bridgehead atoms. The first kappa shape index (κ1) is 32.1. The molecule has 0 aliphatic heterocycles. The van der Waals surface area contributed by atoms with Gasteiger partial charge in [-0.15, -0.1) is 10.2 Å². The molecule has 0 unspecified atom stereocenters. The number of amides is 2. The zero-order valence-electron chi connectivity index (χ0n) is 25.6. The minimum atomic E-state index is -1.02. The lowest BCUT2D eigenvalue weighted by Gasteiger charge is -2.24. The molecule has 0 fully saturated rings. The van der Waals surface area contributed by atoms with E-state index in [4.69, 9.17) is 4.42 Å². The van der Waals surface area contributed by atoms with Crippen molar-refractivity contribution in [1.29, 1.82) is 0 Å². The Balaban J connectivity index is 1.86. The Hall–Kier alpha value is -4.42. The molecule has 13 heteroatoms. The predicted octanol–water partition coefficient (Wildman–Crippen LogP) is 3.41. The van der Waals surface area contributed by atoms with Crippen LogP contribution in [0.25, 0.3) is 0 Å². The van der Waals surface area contributed by atoms with Crippen molar-refractivity contribution in [3.05, 3.63) is 63.7 Å². The molecular formula is C29H39N7O6. The number of ether oxygens (including phenoxy) is 1. The van der Waals surface area contributed by atoms with Crippen molar-refractivity contribution in [1.82, 2.24) is 30.0 Å². The normalized spacial score (nSPS) is 12.6. The van der Waals surface area contributed by atoms with Crippen LogP contribution in [0, 0.1) is 5.92 Å². The smallest absolute Gasteiger partial charge is 0.411 e. The quantitative estimate of drug-likeness (QED) is 0.338. The fraction of sp³-hybridized carbons (Fsp3) is 0.517. The third-order valence-corrected chi connectivity index (χ3v) is 6.75. The van der Waals surface area contributed by atoms with Crippen LogP contribution in [0.2, 0.25) is 0 Å². The Morgan fingerprint density at radius 3 is 2.29 bits per heavy atom. The molecule has 13 nitrogen and oxygen atoms in total. The molecule has 3 aromatic rings. The number of anilines is 1. The van der Waals surface area contributed by atoms with Crippen LogP contribution in [0.1, 0.15) is 89.0 Å². The molecule has 0 radical (unpaired) electrons. The number of carbonyl (C=O) groups is 3. The molecule has 0 spiro atoms. The summed E-state index contributed by atoms with van der Waals surface area (Å²) < 4.78 is 11.5. The number of aromatic nitrogens is 5. The van der Waals surface area contributed by atoms with Crippen molar-refractivity contribution in [2.45, 2.75) is 85.2 Å². The molecular weight excluding hydrogens is 542 g/mol. The van der Waals surface area contributed by atoms with Crippen LogP contribution in [0.4, 0.5) is 10.5 Å². The summed E-state index contributed by atoms with van der Waals surface area (Å²) in [5, 5.41) is 13.1. The highest BCUT2D eigenvalue weighted by molar-refractivity contribution is 5.98. The molecule has 3 aromatic heterocycles. The van der Waals surface area contributed by atoms with E-state index >= 15 is 0 Å². The molecule has 3 heterocycles. The van der Waals surface area contributed by atoms with E-state index in [-0.39, 0.29) is 23.4 Å². The summed E-state index contributed by atoms with van der Waals surface area (Å²) in [4.78, 5) is 60.5. The lowest BCUT2D eigenvalue weighted by atomic mass is 9.88. The summed E-state index contributed by atoms with van der Waals surface area (Å²) >= 11 is 0. The van der Waals surface area contributed by atoms with E-state index in [0.717, 1.165) is 23.7 Å². The number of carbonyl (C=O) groups excluding carboxylic acids is 3. The minimum absolute atomic E-state index is 0.154. The van der Waals surface area contributed by atoms with Gasteiger partial charge < -0.3 is 14.5 Å². The number of hydrogen-bond donors (Lipinski definition) is 2. The van der Waals surface area contributed by atoms with Gasteiger partial charge in [-0.05, 0) is 37.8 Å². The molecule has 0 aliphatic rings. The number of ketones is 1. The lowest BCUT2D eigenvalue weighted by molar-refractivity contribution is -0.122. The second-order valence-electron chi connectivity index (χ2n) is 11.8. The van der Waals surface area contributed by atoms with Crippen LogP contribution >= 0.6 is 0 Å². The van der Waals surface area contributed by atoms with Gasteiger partial charge in [0.2, 0.25) is 17.6 Å². The van der Waals surface area contributed by atoms with Gasteiger partial charge >= 0.3 is 6.09 Å². The summed E-state index contributed by atoms with van der Waals surface area (Å²) in [5.41, 5.74) is -0.393. The maximum Gasteiger partial charge on any atom is 0.411 e. The SMILES string of the molecule is CCc1ccc(C(C)(C)c2nnc(C(=O)[C@H](NC(=O)Cn3c(C(C)(C)C)ncc(NC(=O)OC)c3=O)C(C)C)o2)nc1. The van der Waals surface area contributed by atoms with Crippen LogP contribution in [0.5, 0.6) is 0 Å². The fourth-order valence-electron chi connectivity index (χ4n) is 4.20. The molecule has 3 rings (SSSR count). The number of hydrogen-bond acceptors (Lipinski definition) is 10. The maximum absolute atomic E-state index is 13.5. The highest BCUT2D eigenvalue weighted by Gasteiger charge is 2.35. The van der Waals surface area contributed by atoms with E-state index < -0.39 is 46.8 Å². The zero-order valence-corrected chi connectivity index (χ0v) is 25.6. The highest BCUT2D eigenvalue weighted by Crippen LogP contribution is 2.29. The van der Waals surface area contributed by atoms with Gasteiger partial charge in [-0.25, -0.2) is 9.78 Å². The highest BCUT2D eigenvalue weighted by atomic mass is 16.5. The second kappa shape index (κ2) is 12.6. The summed E-state index contributed by atoms with van der Waals surface area (Å²) in [7, 11) is 1.16. The molecule has 0 aromatic carbocycles. The standard InChI is InChI=1S/C29H39N7O6/c1-10-17-11-12-19(30-13-17)29(7,8)26-35-34-23(42-26)22(38)21(16(2)3)33-20(37)15-36-24(39)18(32-27(40)41-9)14-31-25(36)28(4,5)6/h11-14,16,21H,10,15H2,1-9H3,(H,32,40)(H,33,37)/t21-/m1/s1. The van der Waals surface area contributed by atoms with Crippen molar-refractivity contribution in [2.24, 2.45) is 5.92 Å². The summed E-state index contributed by atoms with van der Waals surface area (Å²) in [6, 6.07) is 2.85. The third-order valence-electron chi connectivity index (χ3n) is 6.75. The van der Waals surface area contributed by atoms with E-state index in [2.05, 4.69) is 35.5 Å². The molecule has 2 N–H and O–H groups in total. The Morgan fingerprint density at radius 2 is 1.74 bits per heavy atom. The largest absolute Gasteiger partial charge is 0.453 e. The predicted molar refractivity (Wildman–Crippen MR) is 154 cm³/mol. The fourth-order valence-corrected chi connectivity index (χ4v) is 4.20. The molecule has 0 saturated carbocycles. The van der Waals surface area contributed by atoms with Crippen LogP contribution in [-0.4, -0.2) is 55.7 Å². The first-order valence-corrected chi connectivity index (χ1v) is 13.7. The van der Waals surface area contributed by atoms with Gasteiger partial charge in [0.15, 0.2) is 0 Å². The third kappa shape index (κ3) is 7.07. The summed E-state index contributed by atoms with van der Waals surface area (Å²) in [5.74, 6) is -1.26. The van der Waals surface area contributed by atoms with Gasteiger partial charge in [0.05, 0.1) is 30.5 Å². The van der Waals surface area contributed by atoms with Gasteiger partial charge in [0.25, 0.3) is 11.4 Å². The van der Waals surface area contributed by atoms with E-state index in [1.54, 1.807) is 20.0 Å². The van der Waals surface area contributed by atoms with E-state index in [0.29, 0.717) is 11.5 Å². The molecule has 1 atom stereocenters. The van der Waals surface area contributed by atoms with Gasteiger partial charge in [0, 0.05) is 11.6 Å². The number of Topliss-reactive ketones (excluding diaryl/α,β-unsaturated/α-hetero) is 1. The van der Waals surface area contributed by atoms with Crippen molar-refractivity contribution in [3.63, 3.8) is 0 Å². The first-order valence-electron chi connectivity index (χ1n) is 13.7. The molecule has 42 heavy (non-hydrogen) atoms. The second-order valence-corrected chi connectivity index (χ2v) is 11.8. The topological polar surface area (TPSA) is 171 Å². The van der Waals surface area contributed by atoms with Crippen LogP contribution < -0.4 is 16.2 Å². The Morgan fingerprint density at radius 1 is 1.05 bits per heavy atom. The summed E-state index contributed by atoms with van der Waals surface area (Å²) in [6.07, 6.45) is 3.01. The van der Waals surface area contributed by atoms with Gasteiger partial charge in [-0.1, -0.05) is 47.6 Å². The van der Waals surface area contributed by atoms with Crippen LogP contribution in [0.15, 0.2) is 33.7 Å². The van der Waals surface area contributed by atoms with E-state index in [9.17, 15) is 19.2 Å². The van der Waals surface area contributed by atoms with E-state index in [1.165, 1.54) is 6.20 Å². The number of aryl methyl sites for hydroxylation is 1. The van der Waals surface area contributed by atoms with Crippen LogP contribution in [-0.2, 0) is 33.3 Å². The number of rotatable bonds is 10. The van der Waals surface area contributed by atoms with Gasteiger partial charge in [0.1, 0.15) is 18.1 Å². The van der Waals surface area contributed by atoms with Crippen LogP contribution in [0.3, 0.4) is 0 Å². The Labute approximate surface area is 244 Å². The number of pyridine rings is 1. The average molecular weight is 582 g/mol. The van der Waals surface area contributed by atoms with Crippen molar-refractivity contribution < 1.29 is 23.5 Å². The molecule has 0 aliphatic carbocycles. The minimum Gasteiger partial charge on any atom is -0.453 e. The van der Waals surface area contributed by atoms with Gasteiger partial charge in [-0.3, -0.25) is 29.3 Å². The Kier molecular flexibility index (Phi) is 9.64. The van der Waals surface area contributed by atoms with Gasteiger partial charge in [-0.2, -0.15) is 0 Å². The van der Waals surface area contributed by atoms with Crippen molar-refractivity contribution in [3.8, 4) is 0 Å². The number of nitrogens with zero attached hydrogens (tertiary/aromatic N) is 5. The number of nitrogens with one attached hydrogen (secondary N) is 2. The number of methoxy groups -OCH3 is 1. The summed E-state index contributed by atoms with van der Waals surface area (Å²) in [6.45, 7) is 14.3. The Bertz CT molecular complexity index is 1500. The molecule has 2 amide bonds. The molecule has 226 valence electrons. The maximum atomic E-state index is 13.5. The van der Waals surface area contributed by atoms with E-state index in [1.807, 2.05) is 53.7 Å². The monoisotopic (exact) mass is 581 g/mol. The molecule has 0 saturated heterocycles.